The molecule has 0 spiro atoms. The van der Waals surface area contributed by atoms with E-state index in [-0.39, 0.29) is 21.9 Å². The minimum atomic E-state index is -0.466. The number of nitrogens with one attached hydrogen (secondary N) is 3. The third kappa shape index (κ3) is 3.51. The van der Waals surface area contributed by atoms with Crippen molar-refractivity contribution < 1.29 is 5.11 Å². The van der Waals surface area contributed by atoms with E-state index in [0.717, 1.165) is 5.69 Å². The second kappa shape index (κ2) is 6.51. The summed E-state index contributed by atoms with van der Waals surface area (Å²) < 4.78 is 0. The Morgan fingerprint density at radius 2 is 1.62 bits per heavy atom. The molecule has 3 rings (SSSR count). The molecule has 134 valence electrons. The lowest BCUT2D eigenvalue weighted by molar-refractivity contribution is 0.474. The zero-order valence-electron chi connectivity index (χ0n) is 14.8. The van der Waals surface area contributed by atoms with E-state index in [1.807, 2.05) is 20.8 Å². The second-order valence-corrected chi connectivity index (χ2v) is 7.00. The van der Waals surface area contributed by atoms with Gasteiger partial charge in [-0.1, -0.05) is 39.0 Å². The van der Waals surface area contributed by atoms with Crippen LogP contribution in [0.5, 0.6) is 5.75 Å². The quantitative estimate of drug-likeness (QED) is 0.536. The predicted octanol–water partition coefficient (Wildman–Crippen LogP) is 0.447. The van der Waals surface area contributed by atoms with Crippen LogP contribution in [0.1, 0.15) is 37.7 Å². The SMILES string of the molecule is CC(C)(C)c1[nH]cnc1/C=c1/[nH]c(=O)/c(=C\c2ccccc2O)[nH]c1=O. The number of aromatic hydroxyl groups is 1. The smallest absolute Gasteiger partial charge is 0.272 e. The summed E-state index contributed by atoms with van der Waals surface area (Å²) in [4.78, 5) is 37.1. The van der Waals surface area contributed by atoms with Crippen molar-refractivity contribution in [3.05, 3.63) is 78.9 Å². The molecule has 0 fully saturated rings. The van der Waals surface area contributed by atoms with E-state index in [4.69, 9.17) is 0 Å². The number of nitrogens with zero attached hydrogens (tertiary/aromatic N) is 1. The lowest BCUT2D eigenvalue weighted by Crippen LogP contribution is -2.46. The summed E-state index contributed by atoms with van der Waals surface area (Å²) >= 11 is 0. The summed E-state index contributed by atoms with van der Waals surface area (Å²) in [6.45, 7) is 6.07. The van der Waals surface area contributed by atoms with E-state index in [1.165, 1.54) is 12.1 Å². The van der Waals surface area contributed by atoms with Gasteiger partial charge in [0.2, 0.25) is 0 Å². The first-order valence-electron chi connectivity index (χ1n) is 8.13. The number of hydrogen-bond acceptors (Lipinski definition) is 4. The maximum atomic E-state index is 12.4. The predicted molar refractivity (Wildman–Crippen MR) is 99.5 cm³/mol. The second-order valence-electron chi connectivity index (χ2n) is 7.00. The van der Waals surface area contributed by atoms with Crippen LogP contribution in [0, 0.1) is 0 Å². The highest BCUT2D eigenvalue weighted by atomic mass is 16.3. The average Bonchev–Trinajstić information content (AvgIpc) is 3.03. The number of phenols is 1. The molecule has 1 aromatic carbocycles. The summed E-state index contributed by atoms with van der Waals surface area (Å²) in [6.07, 6.45) is 4.52. The fourth-order valence-corrected chi connectivity index (χ4v) is 2.61. The Balaban J connectivity index is 2.16. The van der Waals surface area contributed by atoms with Gasteiger partial charge < -0.3 is 20.1 Å². The van der Waals surface area contributed by atoms with E-state index in [2.05, 4.69) is 19.9 Å². The van der Waals surface area contributed by atoms with Gasteiger partial charge in [-0.2, -0.15) is 0 Å². The molecule has 7 nitrogen and oxygen atoms in total. The third-order valence-corrected chi connectivity index (χ3v) is 3.92. The van der Waals surface area contributed by atoms with E-state index in [0.29, 0.717) is 11.3 Å². The first kappa shape index (κ1) is 17.5. The highest BCUT2D eigenvalue weighted by Crippen LogP contribution is 2.22. The van der Waals surface area contributed by atoms with Crippen molar-refractivity contribution in [2.24, 2.45) is 0 Å². The third-order valence-electron chi connectivity index (χ3n) is 3.92. The molecule has 0 atom stereocenters. The molecule has 0 saturated carbocycles. The van der Waals surface area contributed by atoms with Crippen LogP contribution in [0.15, 0.2) is 40.2 Å². The summed E-state index contributed by atoms with van der Waals surface area (Å²) in [6, 6.07) is 6.55. The number of phenolic OH excluding ortho intramolecular Hbond substituents is 1. The lowest BCUT2D eigenvalue weighted by Gasteiger charge is -2.16. The Morgan fingerprint density at radius 3 is 2.23 bits per heavy atom. The van der Waals surface area contributed by atoms with Gasteiger partial charge in [-0.25, -0.2) is 4.98 Å². The standard InChI is InChI=1S/C19H20N4O3/c1-19(2,3)16-12(20-10-21-16)9-14-18(26)22-13(17(25)23-14)8-11-6-4-5-7-15(11)24/h4-10,24H,1-3H3,(H,20,21)(H,22,26)(H,23,25)/b13-8+,14-9+. The fraction of sp³-hybridized carbons (Fsp3) is 0.211. The van der Waals surface area contributed by atoms with Crippen LogP contribution in [0.25, 0.3) is 12.2 Å². The molecule has 3 aromatic rings. The molecule has 0 amide bonds. The van der Waals surface area contributed by atoms with Crippen LogP contribution in [0.3, 0.4) is 0 Å². The van der Waals surface area contributed by atoms with E-state index in [1.54, 1.807) is 30.6 Å². The summed E-state index contributed by atoms with van der Waals surface area (Å²) in [7, 11) is 0. The molecule has 2 aromatic heterocycles. The molecule has 0 aliphatic heterocycles. The van der Waals surface area contributed by atoms with Gasteiger partial charge >= 0.3 is 0 Å². The minimum absolute atomic E-state index is 0.0229. The van der Waals surface area contributed by atoms with Crippen molar-refractivity contribution in [1.29, 1.82) is 0 Å². The van der Waals surface area contributed by atoms with Crippen molar-refractivity contribution >= 4 is 12.2 Å². The van der Waals surface area contributed by atoms with Crippen molar-refractivity contribution in [1.82, 2.24) is 19.9 Å². The van der Waals surface area contributed by atoms with Crippen LogP contribution in [-0.4, -0.2) is 25.0 Å². The molecule has 0 radical (unpaired) electrons. The topological polar surface area (TPSA) is 115 Å². The average molecular weight is 352 g/mol. The Morgan fingerprint density at radius 1 is 1.00 bits per heavy atom. The number of benzene rings is 1. The normalized spacial score (nSPS) is 13.3. The van der Waals surface area contributed by atoms with Crippen LogP contribution >= 0.6 is 0 Å². The van der Waals surface area contributed by atoms with Gasteiger partial charge in [0.05, 0.1) is 12.0 Å². The van der Waals surface area contributed by atoms with E-state index >= 15 is 0 Å². The van der Waals surface area contributed by atoms with Crippen LogP contribution in [0.4, 0.5) is 0 Å². The van der Waals surface area contributed by atoms with Gasteiger partial charge in [0, 0.05) is 16.7 Å². The Hall–Kier alpha value is -3.35. The number of imidazole rings is 1. The number of aromatic nitrogens is 4. The van der Waals surface area contributed by atoms with Gasteiger partial charge in [-0.3, -0.25) is 9.59 Å². The highest BCUT2D eigenvalue weighted by molar-refractivity contribution is 5.55. The Kier molecular flexibility index (Phi) is 4.38. The molecule has 26 heavy (non-hydrogen) atoms. The van der Waals surface area contributed by atoms with E-state index in [9.17, 15) is 14.7 Å². The summed E-state index contributed by atoms with van der Waals surface area (Å²) in [5, 5.41) is 9.99. The molecule has 2 heterocycles. The molecule has 0 bridgehead atoms. The molecular formula is C19H20N4O3. The van der Waals surface area contributed by atoms with Gasteiger partial charge in [-0.05, 0) is 18.2 Å². The maximum Gasteiger partial charge on any atom is 0.272 e. The molecule has 0 aliphatic rings. The number of aromatic amines is 3. The lowest BCUT2D eigenvalue weighted by atomic mass is 9.90. The van der Waals surface area contributed by atoms with E-state index < -0.39 is 11.1 Å². The maximum absolute atomic E-state index is 12.4. The summed E-state index contributed by atoms with van der Waals surface area (Å²) in [5.41, 5.74) is 0.793. The first-order chi connectivity index (χ1) is 12.3. The molecule has 4 N–H and O–H groups in total. The Labute approximate surface area is 148 Å². The van der Waals surface area contributed by atoms with Crippen LogP contribution in [0.2, 0.25) is 0 Å². The zero-order valence-corrected chi connectivity index (χ0v) is 14.8. The van der Waals surface area contributed by atoms with Crippen LogP contribution < -0.4 is 21.8 Å². The fourth-order valence-electron chi connectivity index (χ4n) is 2.61. The monoisotopic (exact) mass is 352 g/mol. The van der Waals surface area contributed by atoms with Crippen molar-refractivity contribution in [3.8, 4) is 5.75 Å². The van der Waals surface area contributed by atoms with Crippen molar-refractivity contribution in [3.63, 3.8) is 0 Å². The molecular weight excluding hydrogens is 332 g/mol. The largest absolute Gasteiger partial charge is 0.507 e. The summed E-state index contributed by atoms with van der Waals surface area (Å²) in [5.74, 6) is 0.0229. The number of para-hydroxylation sites is 1. The molecule has 0 saturated heterocycles. The van der Waals surface area contributed by atoms with Gasteiger partial charge in [0.1, 0.15) is 16.4 Å². The molecule has 7 heteroatoms. The van der Waals surface area contributed by atoms with Crippen molar-refractivity contribution in [2.45, 2.75) is 26.2 Å². The molecule has 0 unspecified atom stereocenters. The zero-order chi connectivity index (χ0) is 18.9. The minimum Gasteiger partial charge on any atom is -0.507 e. The first-order valence-corrected chi connectivity index (χ1v) is 8.13. The number of H-pyrrole nitrogens is 3. The van der Waals surface area contributed by atoms with Crippen LogP contribution in [-0.2, 0) is 5.41 Å². The van der Waals surface area contributed by atoms with Gasteiger partial charge in [0.25, 0.3) is 11.1 Å². The number of hydrogen-bond donors (Lipinski definition) is 4. The highest BCUT2D eigenvalue weighted by Gasteiger charge is 2.19. The van der Waals surface area contributed by atoms with Crippen molar-refractivity contribution in [2.75, 3.05) is 0 Å². The number of rotatable bonds is 2. The van der Waals surface area contributed by atoms with Gasteiger partial charge in [-0.15, -0.1) is 0 Å². The molecule has 0 aliphatic carbocycles. The van der Waals surface area contributed by atoms with Gasteiger partial charge in [0.15, 0.2) is 0 Å². The Bertz CT molecular complexity index is 1180.